The normalized spacial score (nSPS) is 12.4. The molecule has 4 aromatic carbocycles. The number of fused-ring (bicyclic) bond motifs is 1. The van der Waals surface area contributed by atoms with Gasteiger partial charge in [-0.05, 0) is 93.4 Å². The zero-order chi connectivity index (χ0) is 43.6. The number of hydrogen-bond donors (Lipinski definition) is 5. The highest BCUT2D eigenvalue weighted by molar-refractivity contribution is 6.07. The zero-order valence-corrected chi connectivity index (χ0v) is 34.0. The third kappa shape index (κ3) is 13.3. The van der Waals surface area contributed by atoms with E-state index >= 15 is 0 Å². The van der Waals surface area contributed by atoms with Crippen LogP contribution in [-0.2, 0) is 37.1 Å². The molecule has 0 bridgehead atoms. The standard InChI is InChI=1S/C46H52N6O9/c1-31(41(53)49-36-24-23-35-27-37(34-19-9-4-10-20-34)44(56)61-40(35)28-36)52(42(54)38(21-11-13-25-47)50-45(57)59-29-32-15-5-2-6-16-32)43(55)39(22-12-14-26-48)51-46(58)60-30-33-17-7-3-8-18-33/h2-10,15-20,23-24,27-28,31,38-39H,11-14,21-22,25-26,29-30,47-48H2,1H3,(H,49,53)(H,50,57)(H,51,58)/t31-,38-,39-/m0/s1. The first-order valence-corrected chi connectivity index (χ1v) is 20.2. The molecule has 1 heterocycles. The van der Waals surface area contributed by atoms with Gasteiger partial charge < -0.3 is 41.3 Å². The first-order chi connectivity index (χ1) is 29.6. The van der Waals surface area contributed by atoms with Gasteiger partial charge in [0.1, 0.15) is 36.9 Å². The average Bonchev–Trinajstić information content (AvgIpc) is 3.27. The van der Waals surface area contributed by atoms with Crippen molar-refractivity contribution in [1.82, 2.24) is 15.5 Å². The Balaban J connectivity index is 1.43. The number of nitrogens with zero attached hydrogens (tertiary/aromatic N) is 1. The number of anilines is 1. The highest BCUT2D eigenvalue weighted by Crippen LogP contribution is 2.24. The van der Waals surface area contributed by atoms with Gasteiger partial charge in [-0.15, -0.1) is 0 Å². The number of carbonyl (C=O) groups excluding carboxylic acids is 5. The smallest absolute Gasteiger partial charge is 0.408 e. The number of unbranched alkanes of at least 4 members (excludes halogenated alkanes) is 2. The van der Waals surface area contributed by atoms with E-state index in [0.717, 1.165) is 4.90 Å². The summed E-state index contributed by atoms with van der Waals surface area (Å²) >= 11 is 0. The quantitative estimate of drug-likeness (QED) is 0.0452. The number of ether oxygens (including phenoxy) is 2. The van der Waals surface area contributed by atoms with E-state index in [0.29, 0.717) is 66.4 Å². The van der Waals surface area contributed by atoms with Gasteiger partial charge in [-0.2, -0.15) is 0 Å². The molecule has 1 aromatic heterocycles. The van der Waals surface area contributed by atoms with E-state index in [2.05, 4.69) is 16.0 Å². The minimum atomic E-state index is -1.50. The summed E-state index contributed by atoms with van der Waals surface area (Å²) in [7, 11) is 0. The number of nitrogens with two attached hydrogens (primary N) is 2. The topological polar surface area (TPSA) is 225 Å². The Hall–Kier alpha value is -6.84. The summed E-state index contributed by atoms with van der Waals surface area (Å²) in [5.41, 5.74) is 13.8. The minimum Gasteiger partial charge on any atom is -0.445 e. The Morgan fingerprint density at radius 1 is 0.656 bits per heavy atom. The van der Waals surface area contributed by atoms with E-state index < -0.39 is 53.7 Å². The molecule has 0 aliphatic heterocycles. The summed E-state index contributed by atoms with van der Waals surface area (Å²) in [4.78, 5) is 83.6. The Morgan fingerprint density at radius 3 is 1.64 bits per heavy atom. The van der Waals surface area contributed by atoms with Crippen molar-refractivity contribution in [3.05, 3.63) is 137 Å². The lowest BCUT2D eigenvalue weighted by molar-refractivity contribution is -0.153. The van der Waals surface area contributed by atoms with Crippen LogP contribution in [0.25, 0.3) is 22.1 Å². The fourth-order valence-electron chi connectivity index (χ4n) is 6.51. The molecule has 0 aliphatic carbocycles. The third-order valence-electron chi connectivity index (χ3n) is 9.83. The van der Waals surface area contributed by atoms with E-state index in [9.17, 15) is 28.8 Å². The van der Waals surface area contributed by atoms with Gasteiger partial charge in [0.2, 0.25) is 5.91 Å². The van der Waals surface area contributed by atoms with Crippen LogP contribution in [0.3, 0.4) is 0 Å². The van der Waals surface area contributed by atoms with Crippen molar-refractivity contribution in [1.29, 1.82) is 0 Å². The Bertz CT molecular complexity index is 2210. The van der Waals surface area contributed by atoms with Crippen LogP contribution in [-0.4, -0.2) is 66.0 Å². The number of amides is 5. The summed E-state index contributed by atoms with van der Waals surface area (Å²) in [6.45, 7) is 1.79. The maximum absolute atomic E-state index is 14.7. The van der Waals surface area contributed by atoms with Gasteiger partial charge in [-0.1, -0.05) is 91.0 Å². The van der Waals surface area contributed by atoms with Crippen LogP contribution in [0, 0.1) is 0 Å². The van der Waals surface area contributed by atoms with E-state index in [1.54, 1.807) is 78.9 Å². The zero-order valence-electron chi connectivity index (χ0n) is 34.0. The molecule has 7 N–H and O–H groups in total. The van der Waals surface area contributed by atoms with Crippen molar-refractivity contribution in [2.75, 3.05) is 18.4 Å². The second kappa shape index (κ2) is 23.1. The van der Waals surface area contributed by atoms with Crippen molar-refractivity contribution >= 4 is 46.6 Å². The third-order valence-corrected chi connectivity index (χ3v) is 9.83. The molecular formula is C46H52N6O9. The van der Waals surface area contributed by atoms with Crippen LogP contribution in [0.5, 0.6) is 0 Å². The van der Waals surface area contributed by atoms with Gasteiger partial charge in [-0.25, -0.2) is 14.4 Å². The summed E-state index contributed by atoms with van der Waals surface area (Å²) in [5.74, 6) is -2.62. The summed E-state index contributed by atoms with van der Waals surface area (Å²) in [5, 5.41) is 8.50. The van der Waals surface area contributed by atoms with E-state index in [1.807, 2.05) is 30.3 Å². The summed E-state index contributed by atoms with van der Waals surface area (Å²) < 4.78 is 16.5. The number of benzene rings is 4. The molecule has 61 heavy (non-hydrogen) atoms. The molecule has 5 amide bonds. The lowest BCUT2D eigenvalue weighted by Gasteiger charge is -2.33. The SMILES string of the molecule is C[C@@H](C(=O)Nc1ccc2cc(-c3ccccc3)c(=O)oc2c1)N(C(=O)[C@H](CCCCN)NC(=O)OCc1ccccc1)C(=O)[C@H](CCCCN)NC(=O)OCc1ccccc1. The molecular weight excluding hydrogens is 781 g/mol. The number of nitrogens with one attached hydrogen (secondary N) is 3. The fourth-order valence-corrected chi connectivity index (χ4v) is 6.51. The average molecular weight is 833 g/mol. The van der Waals surface area contributed by atoms with Crippen molar-refractivity contribution in [2.24, 2.45) is 11.5 Å². The molecule has 0 saturated carbocycles. The number of hydrogen-bond acceptors (Lipinski definition) is 11. The van der Waals surface area contributed by atoms with E-state index in [1.165, 1.54) is 13.0 Å². The highest BCUT2D eigenvalue weighted by atomic mass is 16.6. The summed E-state index contributed by atoms with van der Waals surface area (Å²) in [6.07, 6.45) is 0.0107. The van der Waals surface area contributed by atoms with Gasteiger partial charge in [0.25, 0.3) is 11.8 Å². The Kier molecular flexibility index (Phi) is 17.1. The molecule has 5 rings (SSSR count). The molecule has 3 atom stereocenters. The first-order valence-electron chi connectivity index (χ1n) is 20.2. The maximum atomic E-state index is 14.7. The van der Waals surface area contributed by atoms with E-state index in [-0.39, 0.29) is 37.3 Å². The van der Waals surface area contributed by atoms with Crippen molar-refractivity contribution in [2.45, 2.75) is 76.8 Å². The van der Waals surface area contributed by atoms with Gasteiger partial charge in [0.15, 0.2) is 0 Å². The molecule has 15 heteroatoms. The molecule has 0 spiro atoms. The maximum Gasteiger partial charge on any atom is 0.408 e. The number of carbonyl (C=O) groups is 5. The predicted octanol–water partition coefficient (Wildman–Crippen LogP) is 5.99. The molecule has 0 radical (unpaired) electrons. The van der Waals surface area contributed by atoms with Crippen molar-refractivity contribution < 1.29 is 37.9 Å². The van der Waals surface area contributed by atoms with Crippen molar-refractivity contribution in [3.8, 4) is 11.1 Å². The molecule has 15 nitrogen and oxygen atoms in total. The first kappa shape index (κ1) is 45.2. The van der Waals surface area contributed by atoms with Gasteiger partial charge in [-0.3, -0.25) is 19.3 Å². The highest BCUT2D eigenvalue weighted by Gasteiger charge is 2.40. The number of imide groups is 1. The lowest BCUT2D eigenvalue weighted by atomic mass is 10.0. The lowest BCUT2D eigenvalue weighted by Crippen LogP contribution is -2.60. The molecule has 320 valence electrons. The Morgan fingerprint density at radius 2 is 1.15 bits per heavy atom. The van der Waals surface area contributed by atoms with Gasteiger partial charge in [0, 0.05) is 17.1 Å². The molecule has 0 aliphatic rings. The molecule has 5 aromatic rings. The van der Waals surface area contributed by atoms with Crippen LogP contribution >= 0.6 is 0 Å². The second-order valence-electron chi connectivity index (χ2n) is 14.4. The predicted molar refractivity (Wildman–Crippen MR) is 231 cm³/mol. The van der Waals surface area contributed by atoms with Crippen LogP contribution in [0.1, 0.15) is 56.6 Å². The van der Waals surface area contributed by atoms with Crippen molar-refractivity contribution in [3.63, 3.8) is 0 Å². The number of alkyl carbamates (subject to hydrolysis) is 2. The molecule has 0 fully saturated rings. The summed E-state index contributed by atoms with van der Waals surface area (Å²) in [6, 6.07) is 29.1. The monoisotopic (exact) mass is 832 g/mol. The molecule has 0 unspecified atom stereocenters. The fraction of sp³-hybridized carbons (Fsp3) is 0.304. The number of rotatable bonds is 20. The van der Waals surface area contributed by atoms with Gasteiger partial charge in [0.05, 0.1) is 5.56 Å². The van der Waals surface area contributed by atoms with Crippen LogP contribution < -0.4 is 33.0 Å². The van der Waals surface area contributed by atoms with E-state index in [4.69, 9.17) is 25.4 Å². The second-order valence-corrected chi connectivity index (χ2v) is 14.4. The van der Waals surface area contributed by atoms with Crippen LogP contribution in [0.2, 0.25) is 0 Å². The van der Waals surface area contributed by atoms with Gasteiger partial charge >= 0.3 is 17.8 Å². The van der Waals surface area contributed by atoms with Crippen LogP contribution in [0.15, 0.2) is 124 Å². The van der Waals surface area contributed by atoms with Crippen LogP contribution in [0.4, 0.5) is 15.3 Å². The Labute approximate surface area is 353 Å². The minimum absolute atomic E-state index is 0.0493. The largest absolute Gasteiger partial charge is 0.445 e. The molecule has 0 saturated heterocycles.